The molecule has 24 heavy (non-hydrogen) atoms. The average Bonchev–Trinajstić information content (AvgIpc) is 2.64. The third-order valence-corrected chi connectivity index (χ3v) is 7.11. The van der Waals surface area contributed by atoms with Gasteiger partial charge in [0.1, 0.15) is 0 Å². The fraction of sp³-hybridized carbons (Fsp3) is 0. The minimum absolute atomic E-state index is 0.583. The highest BCUT2D eigenvalue weighted by Gasteiger charge is 2.27. The van der Waals surface area contributed by atoms with Gasteiger partial charge in [0.25, 0.3) is 0 Å². The molecule has 0 unspecified atom stereocenters. The molecule has 0 fully saturated rings. The molecule has 118 valence electrons. The first-order valence-electron chi connectivity index (χ1n) is 7.33. The number of nitriles is 1. The third-order valence-electron chi connectivity index (χ3n) is 3.62. The Hall–Kier alpha value is -2.09. The molecule has 0 aromatic heterocycles. The summed E-state index contributed by atoms with van der Waals surface area (Å²) in [4.78, 5) is 0. The van der Waals surface area contributed by atoms with Crippen LogP contribution in [0.3, 0.4) is 0 Å². The smallest absolute Gasteiger partial charge is 0.227 e. The van der Waals surface area contributed by atoms with E-state index in [2.05, 4.69) is 33.7 Å². The van der Waals surface area contributed by atoms with Gasteiger partial charge in [0.15, 0.2) is 0 Å². The Morgan fingerprint density at radius 1 is 0.875 bits per heavy atom. The lowest BCUT2D eigenvalue weighted by Gasteiger charge is -2.22. The fourth-order valence-corrected chi connectivity index (χ4v) is 5.54. The van der Waals surface area contributed by atoms with Gasteiger partial charge in [0.2, 0.25) is 7.29 Å². The molecule has 0 aliphatic heterocycles. The molecule has 0 saturated heterocycles. The highest BCUT2D eigenvalue weighted by Crippen LogP contribution is 2.44. The zero-order valence-corrected chi connectivity index (χ0v) is 15.7. The van der Waals surface area contributed by atoms with E-state index in [0.717, 1.165) is 19.9 Å². The van der Waals surface area contributed by atoms with E-state index in [9.17, 15) is 4.57 Å². The molecule has 0 atom stereocenters. The summed E-state index contributed by atoms with van der Waals surface area (Å²) in [6.07, 6.45) is 0. The number of rotatable bonds is 4. The van der Waals surface area contributed by atoms with E-state index in [4.69, 9.17) is 5.26 Å². The maximum Gasteiger partial charge on any atom is 0.227 e. The highest BCUT2D eigenvalue weighted by molar-refractivity contribution is 14.1. The molecular formula is C19H14IN2OP. The Bertz CT molecular complexity index is 893. The SMILES string of the molecule is N#Cc1ccc(NP(=O)(c2ccccc2)c2ccccc2)c(I)c1. The molecule has 0 spiro atoms. The molecule has 5 heteroatoms. The number of benzene rings is 3. The van der Waals surface area contributed by atoms with Gasteiger partial charge < -0.3 is 5.09 Å². The fourth-order valence-electron chi connectivity index (χ4n) is 2.40. The van der Waals surface area contributed by atoms with Crippen molar-refractivity contribution >= 4 is 46.2 Å². The van der Waals surface area contributed by atoms with E-state index in [1.54, 1.807) is 18.2 Å². The lowest BCUT2D eigenvalue weighted by Crippen LogP contribution is -2.21. The van der Waals surface area contributed by atoms with Gasteiger partial charge in [-0.1, -0.05) is 36.4 Å². The molecule has 3 aromatic rings. The number of hydrogen-bond donors (Lipinski definition) is 1. The van der Waals surface area contributed by atoms with E-state index in [1.165, 1.54) is 0 Å². The molecule has 1 N–H and O–H groups in total. The van der Waals surface area contributed by atoms with Crippen LogP contribution < -0.4 is 15.7 Å². The zero-order chi connectivity index (χ0) is 17.0. The van der Waals surface area contributed by atoms with E-state index in [-0.39, 0.29) is 0 Å². The summed E-state index contributed by atoms with van der Waals surface area (Å²) in [5.41, 5.74) is 1.34. The Labute approximate surface area is 154 Å². The minimum atomic E-state index is -3.03. The summed E-state index contributed by atoms with van der Waals surface area (Å²) >= 11 is 2.15. The molecule has 3 nitrogen and oxygen atoms in total. The monoisotopic (exact) mass is 444 g/mol. The quantitative estimate of drug-likeness (QED) is 0.476. The number of nitrogens with one attached hydrogen (secondary N) is 1. The molecule has 0 aliphatic rings. The standard InChI is InChI=1S/C19H14IN2OP/c20-18-13-15(14-21)11-12-19(18)22-24(23,16-7-3-1-4-8-16)17-9-5-2-6-10-17/h1-13H,(H,22,23). The van der Waals surface area contributed by atoms with Gasteiger partial charge in [-0.3, -0.25) is 4.57 Å². The van der Waals surface area contributed by atoms with Crippen LogP contribution in [0, 0.1) is 14.9 Å². The first-order chi connectivity index (χ1) is 11.6. The second kappa shape index (κ2) is 7.21. The topological polar surface area (TPSA) is 52.9 Å². The van der Waals surface area contributed by atoms with Crippen LogP contribution in [0.15, 0.2) is 78.9 Å². The number of hydrogen-bond acceptors (Lipinski definition) is 2. The van der Waals surface area contributed by atoms with Crippen molar-refractivity contribution in [3.05, 3.63) is 88.0 Å². The van der Waals surface area contributed by atoms with Crippen LogP contribution in [0.5, 0.6) is 0 Å². The molecule has 0 radical (unpaired) electrons. The lowest BCUT2D eigenvalue weighted by molar-refractivity contribution is 0.590. The summed E-state index contributed by atoms with van der Waals surface area (Å²) in [5, 5.41) is 13.8. The van der Waals surface area contributed by atoms with Gasteiger partial charge in [-0.25, -0.2) is 0 Å². The summed E-state index contributed by atoms with van der Waals surface area (Å²) in [5.74, 6) is 0. The lowest BCUT2D eigenvalue weighted by atomic mass is 10.2. The van der Waals surface area contributed by atoms with E-state index >= 15 is 0 Å². The number of nitrogens with zero attached hydrogens (tertiary/aromatic N) is 1. The molecule has 3 aromatic carbocycles. The second-order valence-electron chi connectivity index (χ2n) is 5.20. The molecule has 0 saturated carbocycles. The van der Waals surface area contributed by atoms with Crippen molar-refractivity contribution in [2.45, 2.75) is 0 Å². The largest absolute Gasteiger partial charge is 0.328 e. The van der Waals surface area contributed by atoms with Gasteiger partial charge in [-0.15, -0.1) is 0 Å². The molecule has 0 aliphatic carbocycles. The Balaban J connectivity index is 2.11. The van der Waals surface area contributed by atoms with Gasteiger partial charge in [0, 0.05) is 14.2 Å². The van der Waals surface area contributed by atoms with Crippen molar-refractivity contribution in [3.63, 3.8) is 0 Å². The second-order valence-corrected chi connectivity index (χ2v) is 8.84. The van der Waals surface area contributed by atoms with E-state index in [1.807, 2.05) is 60.7 Å². The van der Waals surface area contributed by atoms with Crippen molar-refractivity contribution in [1.29, 1.82) is 5.26 Å². The molecule has 0 amide bonds. The van der Waals surface area contributed by atoms with Crippen LogP contribution >= 0.6 is 29.9 Å². The van der Waals surface area contributed by atoms with Crippen LogP contribution in [0.25, 0.3) is 0 Å². The van der Waals surface area contributed by atoms with E-state index < -0.39 is 7.29 Å². The maximum absolute atomic E-state index is 13.9. The van der Waals surface area contributed by atoms with Gasteiger partial charge in [-0.05, 0) is 65.1 Å². The van der Waals surface area contributed by atoms with Gasteiger partial charge in [-0.2, -0.15) is 5.26 Å². The van der Waals surface area contributed by atoms with Gasteiger partial charge in [0.05, 0.1) is 17.3 Å². The Kier molecular flexibility index (Phi) is 5.03. The predicted molar refractivity (Wildman–Crippen MR) is 107 cm³/mol. The van der Waals surface area contributed by atoms with Crippen LogP contribution in [0.1, 0.15) is 5.56 Å². The maximum atomic E-state index is 13.9. The normalized spacial score (nSPS) is 10.8. The Morgan fingerprint density at radius 3 is 1.88 bits per heavy atom. The predicted octanol–water partition coefficient (Wildman–Crippen LogP) is 4.50. The van der Waals surface area contributed by atoms with Crippen LogP contribution in [0.2, 0.25) is 0 Å². The number of anilines is 1. The molecular weight excluding hydrogens is 430 g/mol. The van der Waals surface area contributed by atoms with Crippen molar-refractivity contribution in [2.24, 2.45) is 0 Å². The summed E-state index contributed by atoms with van der Waals surface area (Å²) in [6, 6.07) is 26.3. The average molecular weight is 444 g/mol. The first kappa shape index (κ1) is 16.8. The highest BCUT2D eigenvalue weighted by atomic mass is 127. The number of halogens is 1. The molecule has 0 heterocycles. The first-order valence-corrected chi connectivity index (χ1v) is 10.1. The summed E-state index contributed by atoms with van der Waals surface area (Å²) in [6.45, 7) is 0. The summed E-state index contributed by atoms with van der Waals surface area (Å²) < 4.78 is 14.8. The van der Waals surface area contributed by atoms with E-state index in [0.29, 0.717) is 5.56 Å². The van der Waals surface area contributed by atoms with Crippen LogP contribution in [0.4, 0.5) is 5.69 Å². The van der Waals surface area contributed by atoms with Crippen LogP contribution in [-0.4, -0.2) is 0 Å². The van der Waals surface area contributed by atoms with Crippen molar-refractivity contribution in [3.8, 4) is 6.07 Å². The minimum Gasteiger partial charge on any atom is -0.328 e. The van der Waals surface area contributed by atoms with Gasteiger partial charge >= 0.3 is 0 Å². The third kappa shape index (κ3) is 3.38. The molecule has 0 bridgehead atoms. The van der Waals surface area contributed by atoms with Crippen LogP contribution in [-0.2, 0) is 4.57 Å². The molecule has 3 rings (SSSR count). The van der Waals surface area contributed by atoms with Crippen molar-refractivity contribution in [2.75, 3.05) is 5.09 Å². The van der Waals surface area contributed by atoms with Crippen molar-refractivity contribution < 1.29 is 4.57 Å². The van der Waals surface area contributed by atoms with Crippen molar-refractivity contribution in [1.82, 2.24) is 0 Å². The zero-order valence-electron chi connectivity index (χ0n) is 12.7. The Morgan fingerprint density at radius 2 is 1.42 bits per heavy atom. The summed E-state index contributed by atoms with van der Waals surface area (Å²) in [7, 11) is -3.03.